The smallest absolute Gasteiger partial charge is 0.347 e. The topological polar surface area (TPSA) is 32.3 Å². The molecule has 0 radical (unpaired) electrons. The van der Waals surface area contributed by atoms with E-state index in [9.17, 15) is 18.0 Å². The molecule has 0 aliphatic carbocycles. The third kappa shape index (κ3) is 5.23. The molecule has 1 aromatic rings. The quantitative estimate of drug-likeness (QED) is 0.891. The van der Waals surface area contributed by atoms with E-state index in [0.29, 0.717) is 0 Å². The molecule has 1 aliphatic heterocycles. The number of piperidine rings is 1. The summed E-state index contributed by atoms with van der Waals surface area (Å²) in [5.41, 5.74) is -1.66. The number of nitrogens with zero attached hydrogens (tertiary/aromatic N) is 1. The minimum absolute atomic E-state index is 0.315. The lowest BCUT2D eigenvalue weighted by Gasteiger charge is -2.38. The molecule has 1 heterocycles. The summed E-state index contributed by atoms with van der Waals surface area (Å²) in [4.78, 5) is 14.4. The van der Waals surface area contributed by atoms with Crippen LogP contribution in [0, 0.1) is 0 Å². The Morgan fingerprint density at radius 1 is 1.17 bits per heavy atom. The van der Waals surface area contributed by atoms with Gasteiger partial charge in [0.15, 0.2) is 0 Å². The number of rotatable bonds is 2. The Morgan fingerprint density at radius 2 is 1.70 bits per heavy atom. The monoisotopic (exact) mass is 330 g/mol. The number of hydrogen-bond acceptors (Lipinski definition) is 2. The van der Waals surface area contributed by atoms with Crippen molar-refractivity contribution in [3.05, 3.63) is 35.4 Å². The first-order chi connectivity index (χ1) is 10.7. The Labute approximate surface area is 135 Å². The Bertz CT molecular complexity index is 521. The molecule has 6 heteroatoms. The first kappa shape index (κ1) is 19.5. The van der Waals surface area contributed by atoms with Gasteiger partial charge in [-0.05, 0) is 38.9 Å². The van der Waals surface area contributed by atoms with Crippen LogP contribution in [0.2, 0.25) is 0 Å². The second kappa shape index (κ2) is 7.81. The Morgan fingerprint density at radius 3 is 2.22 bits per heavy atom. The van der Waals surface area contributed by atoms with Gasteiger partial charge in [0.2, 0.25) is 0 Å². The van der Waals surface area contributed by atoms with Gasteiger partial charge in [0.1, 0.15) is 0 Å². The SMILES string of the molecule is CC.CN1CCC(C)(NC(=O)c2ccccc2C(F)(F)F)CC1. The van der Waals surface area contributed by atoms with Crippen LogP contribution in [0.25, 0.3) is 0 Å². The molecule has 0 unspecified atom stereocenters. The first-order valence-corrected chi connectivity index (χ1v) is 7.89. The third-order valence-electron chi connectivity index (χ3n) is 3.98. The molecule has 1 aliphatic rings. The fourth-order valence-corrected chi connectivity index (χ4v) is 2.51. The van der Waals surface area contributed by atoms with Crippen LogP contribution in [0.5, 0.6) is 0 Å². The van der Waals surface area contributed by atoms with Crippen molar-refractivity contribution in [3.8, 4) is 0 Å². The summed E-state index contributed by atoms with van der Waals surface area (Å²) in [7, 11) is 1.99. The van der Waals surface area contributed by atoms with Gasteiger partial charge in [-0.25, -0.2) is 0 Å². The van der Waals surface area contributed by atoms with Gasteiger partial charge >= 0.3 is 6.18 Å². The van der Waals surface area contributed by atoms with Crippen LogP contribution in [-0.4, -0.2) is 36.5 Å². The zero-order valence-corrected chi connectivity index (χ0v) is 14.1. The lowest BCUT2D eigenvalue weighted by Crippen LogP contribution is -2.52. The Kier molecular flexibility index (Phi) is 6.62. The van der Waals surface area contributed by atoms with Crippen LogP contribution in [0.3, 0.4) is 0 Å². The van der Waals surface area contributed by atoms with Crippen LogP contribution in [-0.2, 0) is 6.18 Å². The highest BCUT2D eigenvalue weighted by molar-refractivity contribution is 5.96. The molecular formula is C17H25F3N2O. The summed E-state index contributed by atoms with van der Waals surface area (Å²) in [6, 6.07) is 4.89. The molecule has 0 aromatic heterocycles. The molecule has 0 bridgehead atoms. The van der Waals surface area contributed by atoms with Gasteiger partial charge < -0.3 is 10.2 Å². The normalized spacial score (nSPS) is 17.9. The first-order valence-electron chi connectivity index (χ1n) is 7.89. The second-order valence-corrected chi connectivity index (χ2v) is 5.86. The van der Waals surface area contributed by atoms with Crippen molar-refractivity contribution >= 4 is 5.91 Å². The largest absolute Gasteiger partial charge is 0.417 e. The number of alkyl halides is 3. The van der Waals surface area contributed by atoms with Gasteiger partial charge in [-0.1, -0.05) is 26.0 Å². The highest BCUT2D eigenvalue weighted by Crippen LogP contribution is 2.32. The molecule has 23 heavy (non-hydrogen) atoms. The number of carbonyl (C=O) groups excluding carboxylic acids is 1. The highest BCUT2D eigenvalue weighted by Gasteiger charge is 2.37. The van der Waals surface area contributed by atoms with E-state index in [1.54, 1.807) is 0 Å². The average molecular weight is 330 g/mol. The van der Waals surface area contributed by atoms with E-state index < -0.39 is 23.2 Å². The summed E-state index contributed by atoms with van der Waals surface area (Å²) in [6.07, 6.45) is -3.07. The van der Waals surface area contributed by atoms with Crippen molar-refractivity contribution in [2.75, 3.05) is 20.1 Å². The molecule has 130 valence electrons. The molecule has 0 saturated carbocycles. The summed E-state index contributed by atoms with van der Waals surface area (Å²) in [5.74, 6) is -0.657. The Balaban J connectivity index is 0.00000127. The van der Waals surface area contributed by atoms with E-state index in [1.165, 1.54) is 18.2 Å². The van der Waals surface area contributed by atoms with Gasteiger partial charge in [-0.15, -0.1) is 0 Å². The van der Waals surface area contributed by atoms with Crippen molar-refractivity contribution in [1.29, 1.82) is 0 Å². The number of hydrogen-bond donors (Lipinski definition) is 1. The van der Waals surface area contributed by atoms with E-state index in [1.807, 2.05) is 27.8 Å². The highest BCUT2D eigenvalue weighted by atomic mass is 19.4. The molecule has 1 amide bonds. The van der Waals surface area contributed by atoms with Crippen LogP contribution in [0.4, 0.5) is 13.2 Å². The zero-order chi connectivity index (χ0) is 17.7. The van der Waals surface area contributed by atoms with Gasteiger partial charge in [-0.2, -0.15) is 13.2 Å². The standard InChI is InChI=1S/C15H19F3N2O.C2H6/c1-14(7-9-20(2)10-8-14)19-13(21)11-5-3-4-6-12(11)15(16,17)18;1-2/h3-6H,7-10H2,1-2H3,(H,19,21);1-2H3. The van der Waals surface area contributed by atoms with Gasteiger partial charge in [0, 0.05) is 18.6 Å². The molecule has 1 aromatic carbocycles. The minimum atomic E-state index is -4.53. The summed E-state index contributed by atoms with van der Waals surface area (Å²) in [6.45, 7) is 7.52. The lowest BCUT2D eigenvalue weighted by atomic mass is 9.89. The van der Waals surface area contributed by atoms with E-state index in [2.05, 4.69) is 10.2 Å². The molecule has 1 fully saturated rings. The van der Waals surface area contributed by atoms with Crippen molar-refractivity contribution < 1.29 is 18.0 Å². The number of benzene rings is 1. The fraction of sp³-hybridized carbons (Fsp3) is 0.588. The molecule has 3 nitrogen and oxygen atoms in total. The predicted octanol–water partition coefficient (Wildman–Crippen LogP) is 3.95. The maximum atomic E-state index is 12.9. The number of likely N-dealkylation sites (tertiary alicyclic amines) is 1. The van der Waals surface area contributed by atoms with Crippen LogP contribution in [0.1, 0.15) is 49.5 Å². The maximum Gasteiger partial charge on any atom is 0.417 e. The van der Waals surface area contributed by atoms with E-state index in [0.717, 1.165) is 32.0 Å². The van der Waals surface area contributed by atoms with Crippen LogP contribution in [0.15, 0.2) is 24.3 Å². The van der Waals surface area contributed by atoms with Crippen molar-refractivity contribution in [2.24, 2.45) is 0 Å². The molecule has 1 N–H and O–H groups in total. The second-order valence-electron chi connectivity index (χ2n) is 5.86. The predicted molar refractivity (Wildman–Crippen MR) is 85.4 cm³/mol. The number of carbonyl (C=O) groups is 1. The van der Waals surface area contributed by atoms with E-state index in [4.69, 9.17) is 0 Å². The van der Waals surface area contributed by atoms with E-state index in [-0.39, 0.29) is 5.56 Å². The average Bonchev–Trinajstić information content (AvgIpc) is 2.51. The summed E-state index contributed by atoms with van der Waals surface area (Å²) in [5, 5.41) is 2.78. The lowest BCUT2D eigenvalue weighted by molar-refractivity contribution is -0.138. The van der Waals surface area contributed by atoms with Crippen LogP contribution >= 0.6 is 0 Å². The van der Waals surface area contributed by atoms with Gasteiger partial charge in [0.05, 0.1) is 11.1 Å². The summed E-state index contributed by atoms with van der Waals surface area (Å²) >= 11 is 0. The van der Waals surface area contributed by atoms with Gasteiger partial charge in [0.25, 0.3) is 5.91 Å². The fourth-order valence-electron chi connectivity index (χ4n) is 2.51. The molecular weight excluding hydrogens is 305 g/mol. The molecule has 1 saturated heterocycles. The van der Waals surface area contributed by atoms with E-state index >= 15 is 0 Å². The summed E-state index contributed by atoms with van der Waals surface area (Å²) < 4.78 is 38.8. The Hall–Kier alpha value is -1.56. The van der Waals surface area contributed by atoms with Crippen molar-refractivity contribution in [2.45, 2.75) is 45.3 Å². The van der Waals surface area contributed by atoms with Gasteiger partial charge in [-0.3, -0.25) is 4.79 Å². The number of halogens is 3. The molecule has 0 spiro atoms. The van der Waals surface area contributed by atoms with Crippen molar-refractivity contribution in [1.82, 2.24) is 10.2 Å². The number of amides is 1. The van der Waals surface area contributed by atoms with Crippen LogP contribution < -0.4 is 5.32 Å². The maximum absolute atomic E-state index is 12.9. The molecule has 2 rings (SSSR count). The number of nitrogens with one attached hydrogen (secondary N) is 1. The van der Waals surface area contributed by atoms with Crippen molar-refractivity contribution in [3.63, 3.8) is 0 Å². The minimum Gasteiger partial charge on any atom is -0.347 e. The third-order valence-corrected chi connectivity index (χ3v) is 3.98. The zero-order valence-electron chi connectivity index (χ0n) is 14.1. The molecule has 0 atom stereocenters.